The van der Waals surface area contributed by atoms with E-state index in [9.17, 15) is 48.3 Å². The van der Waals surface area contributed by atoms with E-state index in [4.69, 9.17) is 61.6 Å². The van der Waals surface area contributed by atoms with Crippen LogP contribution in [0.1, 0.15) is 106 Å². The minimum Gasteiger partial charge on any atom is -0.493 e. The van der Waals surface area contributed by atoms with Crippen LogP contribution < -0.4 is 45.1 Å². The average Bonchev–Trinajstić information content (AvgIpc) is 1.63. The zero-order chi connectivity index (χ0) is 76.6. The molecule has 32 nitrogen and oxygen atoms in total. The number of unbranched alkanes of at least 4 members (excludes halogenated alkanes) is 2. The van der Waals surface area contributed by atoms with E-state index in [0.717, 1.165) is 27.4 Å². The Labute approximate surface area is 622 Å². The number of aliphatic imine (C=N–C) groups is 1. The number of imide groups is 1. The van der Waals surface area contributed by atoms with Crippen LogP contribution in [0, 0.1) is 5.92 Å². The number of carbonyl (C=O) groups excluding carboxylic acids is 9. The summed E-state index contributed by atoms with van der Waals surface area (Å²) in [5, 5.41) is 22.8. The molecule has 0 spiro atoms. The predicted octanol–water partition coefficient (Wildman–Crippen LogP) is 5.30. The third-order valence-electron chi connectivity index (χ3n) is 17.5. The molecule has 5 aliphatic rings. The summed E-state index contributed by atoms with van der Waals surface area (Å²) in [7, 11) is 2.96. The van der Waals surface area contributed by atoms with Gasteiger partial charge in [-0.15, -0.1) is 0 Å². The Morgan fingerprint density at radius 3 is 1.66 bits per heavy atom. The topological polar surface area (TPSA) is 367 Å². The highest BCUT2D eigenvalue weighted by molar-refractivity contribution is 6.13. The van der Waals surface area contributed by atoms with Crippen LogP contribution in [-0.4, -0.2) is 256 Å². The number of rotatable bonds is 48. The molecule has 0 bridgehead atoms. The Balaban J connectivity index is 0.649. The second-order valence-electron chi connectivity index (χ2n) is 25.9. The highest BCUT2D eigenvalue weighted by Crippen LogP contribution is 2.43. The fourth-order valence-electron chi connectivity index (χ4n) is 11.7. The smallest absolute Gasteiger partial charge is 0.416 e. The molecule has 4 unspecified atom stereocenters. The maximum absolute atomic E-state index is 14.3. The minimum atomic E-state index is -1.53. The second-order valence-corrected chi connectivity index (χ2v) is 25.9. The van der Waals surface area contributed by atoms with Crippen molar-refractivity contribution in [2.75, 3.05) is 156 Å². The maximum atomic E-state index is 14.3. The molecule has 0 radical (unpaired) electrons. The molecule has 0 aliphatic carbocycles. The van der Waals surface area contributed by atoms with Gasteiger partial charge in [-0.3, -0.25) is 48.2 Å². The van der Waals surface area contributed by atoms with Gasteiger partial charge in [0.15, 0.2) is 29.2 Å². The van der Waals surface area contributed by atoms with Gasteiger partial charge in [0, 0.05) is 74.5 Å². The number of fused-ring (bicyclic) bond motifs is 4. The van der Waals surface area contributed by atoms with Crippen LogP contribution in [0.5, 0.6) is 23.0 Å². The first-order chi connectivity index (χ1) is 51.7. The van der Waals surface area contributed by atoms with E-state index in [2.05, 4.69) is 26.3 Å². The van der Waals surface area contributed by atoms with Crippen molar-refractivity contribution in [1.29, 1.82) is 0 Å². The van der Waals surface area contributed by atoms with Crippen LogP contribution in [0.3, 0.4) is 0 Å². The van der Waals surface area contributed by atoms with E-state index in [1.807, 2.05) is 20.0 Å². The van der Waals surface area contributed by atoms with Crippen molar-refractivity contribution >= 4 is 76.6 Å². The lowest BCUT2D eigenvalue weighted by Gasteiger charge is -2.31. The van der Waals surface area contributed by atoms with Crippen LogP contribution in [0.2, 0.25) is 0 Å². The highest BCUT2D eigenvalue weighted by atomic mass is 16.6. The number of aliphatic hydroxyl groups excluding tert-OH is 1. The lowest BCUT2D eigenvalue weighted by molar-refractivity contribution is -0.137. The van der Waals surface area contributed by atoms with Crippen molar-refractivity contribution < 1.29 is 110 Å². The van der Waals surface area contributed by atoms with Gasteiger partial charge in [0.25, 0.3) is 23.6 Å². The normalized spacial score (nSPS) is 17.0. The van der Waals surface area contributed by atoms with Gasteiger partial charge >= 0.3 is 6.09 Å². The molecule has 3 aromatic rings. The molecule has 32 heteroatoms. The van der Waals surface area contributed by atoms with Crippen LogP contribution in [-0.2, 0) is 78.0 Å². The second kappa shape index (κ2) is 43.4. The molecule has 107 heavy (non-hydrogen) atoms. The first-order valence-corrected chi connectivity index (χ1v) is 36.0. The number of amides is 9. The first-order valence-electron chi connectivity index (χ1n) is 36.0. The Hall–Kier alpha value is -9.38. The van der Waals surface area contributed by atoms with Crippen molar-refractivity contribution in [3.8, 4) is 23.0 Å². The summed E-state index contributed by atoms with van der Waals surface area (Å²) in [6.07, 6.45) is 8.15. The van der Waals surface area contributed by atoms with Gasteiger partial charge < -0.3 is 97.8 Å². The molecule has 0 fully saturated rings. The van der Waals surface area contributed by atoms with Crippen LogP contribution in [0.4, 0.5) is 21.9 Å². The third-order valence-corrected chi connectivity index (χ3v) is 17.5. The number of hydrogen-bond donors (Lipinski definition) is 5. The molecule has 5 N–H and O–H groups in total. The molecule has 5 atom stereocenters. The monoisotopic (exact) mass is 1500 g/mol. The molecular formula is C75H101N9O23. The molecule has 584 valence electrons. The van der Waals surface area contributed by atoms with Gasteiger partial charge in [-0.1, -0.05) is 37.1 Å². The molecule has 9 amide bonds. The molecule has 5 heterocycles. The lowest BCUT2D eigenvalue weighted by Crippen LogP contribution is -2.53. The quantitative estimate of drug-likeness (QED) is 0.0354. The van der Waals surface area contributed by atoms with E-state index < -0.39 is 65.9 Å². The molecule has 3 aromatic carbocycles. The fourth-order valence-corrected chi connectivity index (χ4v) is 11.7. The predicted molar refractivity (Wildman–Crippen MR) is 388 cm³/mol. The summed E-state index contributed by atoms with van der Waals surface area (Å²) in [5.74, 6) is -2.18. The number of benzene rings is 3. The number of methoxy groups -OCH3 is 2. The van der Waals surface area contributed by atoms with Gasteiger partial charge in [-0.25, -0.2) is 9.69 Å². The van der Waals surface area contributed by atoms with Gasteiger partial charge in [-0.2, -0.15) is 0 Å². The molecule has 0 saturated carbocycles. The Bertz CT molecular complexity index is 3620. The van der Waals surface area contributed by atoms with Gasteiger partial charge in [0.1, 0.15) is 18.7 Å². The number of ether oxygens (including phenoxy) is 13. The van der Waals surface area contributed by atoms with Gasteiger partial charge in [0.2, 0.25) is 23.6 Å². The highest BCUT2D eigenvalue weighted by Gasteiger charge is 2.45. The standard InChI is InChI=1S/C75H101N9O23/c1-49(2)69(80-66(86)18-23-97-25-27-99-29-31-101-33-35-103-37-38-104-36-34-102-32-30-100-28-26-98-24-19-76-65(85)17-20-81-67(87)15-16-68(81)88)71(90)78-52(5)70(89)79-54-13-11-53(12-14-54)48-107-75(94)84-59-44-64(62(96-7)42-57(59)73(92)83-47-51(4)40-60(83)74(84)93)106-22-10-8-9-21-105-63-43-58-56(41-61(63)95-6)72(91)82-46-50(3)39-55(82)45-77-58/h11-16,41-47,49,52,55,60,69,74,93H,8-10,17-40,48H2,1-7H3,(H,76,85)(H,78,90)(H,79,89)(H,80,86)/t52?,55?,60?,69-,74?/m0/s1. The largest absolute Gasteiger partial charge is 0.493 e. The summed E-state index contributed by atoms with van der Waals surface area (Å²) >= 11 is 0. The van der Waals surface area contributed by atoms with E-state index in [1.165, 1.54) is 50.3 Å². The third kappa shape index (κ3) is 25.4. The number of aliphatic hydroxyl groups is 1. The van der Waals surface area contributed by atoms with Gasteiger partial charge in [-0.05, 0) is 88.6 Å². The number of nitrogens with zero attached hydrogens (tertiary/aromatic N) is 5. The number of hydrogen-bond acceptors (Lipinski definition) is 24. The SMILES string of the molecule is COc1cc2c(cc1OCCCCCOc1cc3c(cc1OC)C(=O)N1C=C(C)CC1C(O)N3C(=O)OCc1ccc(NC(=O)C(C)NC(=O)[C@@H](NC(=O)CCOCCOCCOCCOCCOCCOCCOCCOCCNC(=O)CCN3C(=O)C=CC3=O)C(C)C)cc1)N=CC1CC(C)=CN1C2=O. The molecule has 5 aliphatic heterocycles. The van der Waals surface area contributed by atoms with Crippen LogP contribution in [0.15, 0.2) is 89.2 Å². The summed E-state index contributed by atoms with van der Waals surface area (Å²) < 4.78 is 73.6. The van der Waals surface area contributed by atoms with Crippen LogP contribution >= 0.6 is 0 Å². The van der Waals surface area contributed by atoms with E-state index in [-0.39, 0.29) is 98.9 Å². The molecule has 0 aromatic heterocycles. The number of anilines is 2. The Morgan fingerprint density at radius 2 is 1.09 bits per heavy atom. The molecule has 8 rings (SSSR count). The zero-order valence-electron chi connectivity index (χ0n) is 61.9. The van der Waals surface area contributed by atoms with Crippen LogP contribution in [0.25, 0.3) is 0 Å². The Kier molecular flexibility index (Phi) is 33.8. The molecule has 0 saturated heterocycles. The van der Waals surface area contributed by atoms with Crippen molar-refractivity contribution in [3.05, 3.63) is 101 Å². The average molecular weight is 1500 g/mol. The fraction of sp³-hybridized carbons (Fsp3) is 0.547. The van der Waals surface area contributed by atoms with E-state index in [0.29, 0.717) is 159 Å². The number of nitrogens with one attached hydrogen (secondary N) is 4. The zero-order valence-corrected chi connectivity index (χ0v) is 61.9. The van der Waals surface area contributed by atoms with Crippen molar-refractivity contribution in [2.45, 2.75) is 117 Å². The lowest BCUT2D eigenvalue weighted by atomic mass is 10.0. The maximum Gasteiger partial charge on any atom is 0.416 e. The first kappa shape index (κ1) is 83.3. The van der Waals surface area contributed by atoms with Crippen molar-refractivity contribution in [3.63, 3.8) is 0 Å². The van der Waals surface area contributed by atoms with Gasteiger partial charge in [0.05, 0.1) is 168 Å². The minimum absolute atomic E-state index is 0.0148. The summed E-state index contributed by atoms with van der Waals surface area (Å²) in [6, 6.07) is 9.93. The number of carbonyl (C=O) groups is 9. The summed E-state index contributed by atoms with van der Waals surface area (Å²) in [5.41, 5.74) is 3.91. The van der Waals surface area contributed by atoms with E-state index >= 15 is 0 Å². The van der Waals surface area contributed by atoms with Crippen molar-refractivity contribution in [2.24, 2.45) is 10.9 Å². The van der Waals surface area contributed by atoms with E-state index in [1.54, 1.807) is 67.6 Å². The summed E-state index contributed by atoms with van der Waals surface area (Å²) in [6.45, 7) is 15.0. The van der Waals surface area contributed by atoms with Crippen molar-refractivity contribution in [1.82, 2.24) is 30.7 Å². The molecular weight excluding hydrogens is 1390 g/mol. The summed E-state index contributed by atoms with van der Waals surface area (Å²) in [4.78, 5) is 126. The Morgan fingerprint density at radius 1 is 0.570 bits per heavy atom.